The average Bonchev–Trinajstić information content (AvgIpc) is 2.83. The number of carbonyl (C=O) groups excluding carboxylic acids is 1. The topological polar surface area (TPSA) is 77.2 Å². The van der Waals surface area contributed by atoms with E-state index in [2.05, 4.69) is 10.3 Å². The van der Waals surface area contributed by atoms with Crippen molar-refractivity contribution in [3.63, 3.8) is 0 Å². The molecule has 6 heteroatoms. The third kappa shape index (κ3) is 4.64. The van der Waals surface area contributed by atoms with Gasteiger partial charge in [-0.05, 0) is 24.6 Å². The Kier molecular flexibility index (Phi) is 5.09. The molecule has 106 valence electrons. The van der Waals surface area contributed by atoms with Gasteiger partial charge >= 0.3 is 0 Å². The summed E-state index contributed by atoms with van der Waals surface area (Å²) in [6, 6.07) is 7.58. The van der Waals surface area contributed by atoms with Crippen LogP contribution in [0.4, 0.5) is 0 Å². The van der Waals surface area contributed by atoms with E-state index in [1.807, 2.05) is 37.4 Å². The summed E-state index contributed by atoms with van der Waals surface area (Å²) >= 11 is 1.70. The van der Waals surface area contributed by atoms with E-state index in [0.29, 0.717) is 5.75 Å². The molecule has 0 aliphatic carbocycles. The van der Waals surface area contributed by atoms with Gasteiger partial charge in [-0.1, -0.05) is 12.1 Å². The van der Waals surface area contributed by atoms with Crippen molar-refractivity contribution in [1.29, 1.82) is 0 Å². The third-order valence-electron chi connectivity index (χ3n) is 2.60. The van der Waals surface area contributed by atoms with Crippen LogP contribution in [0.15, 0.2) is 30.5 Å². The van der Waals surface area contributed by atoms with Crippen LogP contribution in [0.25, 0.3) is 0 Å². The van der Waals surface area contributed by atoms with Crippen molar-refractivity contribution >= 4 is 17.2 Å². The summed E-state index contributed by atoms with van der Waals surface area (Å²) in [5.41, 5.74) is 6.17. The molecular formula is C14H17N3O2S. The lowest BCUT2D eigenvalue weighted by molar-refractivity contribution is -0.119. The zero-order valence-corrected chi connectivity index (χ0v) is 12.1. The summed E-state index contributed by atoms with van der Waals surface area (Å²) in [5.74, 6) is 0.168. The minimum Gasteiger partial charge on any atom is -0.484 e. The van der Waals surface area contributed by atoms with Gasteiger partial charge in [-0.25, -0.2) is 4.98 Å². The van der Waals surface area contributed by atoms with E-state index < -0.39 is 5.91 Å². The highest BCUT2D eigenvalue weighted by Gasteiger charge is 2.00. The Labute approximate surface area is 121 Å². The van der Waals surface area contributed by atoms with E-state index in [1.165, 1.54) is 4.88 Å². The van der Waals surface area contributed by atoms with Gasteiger partial charge in [0.2, 0.25) is 0 Å². The Balaban J connectivity index is 1.77. The second-order valence-electron chi connectivity index (χ2n) is 4.35. The minimum absolute atomic E-state index is 0.0949. The molecular weight excluding hydrogens is 274 g/mol. The highest BCUT2D eigenvalue weighted by atomic mass is 32.1. The number of amides is 1. The second-order valence-corrected chi connectivity index (χ2v) is 5.67. The number of thiazole rings is 1. The summed E-state index contributed by atoms with van der Waals surface area (Å²) in [6.07, 6.45) is 1.90. The van der Waals surface area contributed by atoms with Crippen molar-refractivity contribution in [1.82, 2.24) is 10.3 Å². The fraction of sp³-hybridized carbons (Fsp3) is 0.286. The zero-order chi connectivity index (χ0) is 14.4. The molecule has 0 aliphatic rings. The molecule has 0 unspecified atom stereocenters. The normalized spacial score (nSPS) is 10.4. The minimum atomic E-state index is -0.476. The Bertz CT molecular complexity index is 566. The number of ether oxygens (including phenoxy) is 1. The first-order valence-electron chi connectivity index (χ1n) is 6.25. The lowest BCUT2D eigenvalue weighted by Gasteiger charge is -2.06. The van der Waals surface area contributed by atoms with Gasteiger partial charge in [0.25, 0.3) is 5.91 Å². The fourth-order valence-electron chi connectivity index (χ4n) is 1.68. The highest BCUT2D eigenvalue weighted by Crippen LogP contribution is 2.13. The van der Waals surface area contributed by atoms with Gasteiger partial charge in [-0.2, -0.15) is 0 Å². The van der Waals surface area contributed by atoms with Gasteiger partial charge in [0.1, 0.15) is 5.75 Å². The molecule has 1 aromatic heterocycles. The molecule has 5 nitrogen and oxygen atoms in total. The number of carbonyl (C=O) groups is 1. The number of rotatable bonds is 7. The first-order chi connectivity index (χ1) is 9.63. The van der Waals surface area contributed by atoms with Crippen LogP contribution in [0.2, 0.25) is 0 Å². The SMILES string of the molecule is Cc1ncc(CNCc2ccc(OCC(N)=O)cc2)s1. The molecule has 20 heavy (non-hydrogen) atoms. The van der Waals surface area contributed by atoms with Crippen LogP contribution in [0.5, 0.6) is 5.75 Å². The molecule has 0 atom stereocenters. The van der Waals surface area contributed by atoms with Crippen LogP contribution in [-0.4, -0.2) is 17.5 Å². The van der Waals surface area contributed by atoms with Gasteiger partial charge < -0.3 is 15.8 Å². The fourth-order valence-corrected chi connectivity index (χ4v) is 2.44. The predicted molar refractivity (Wildman–Crippen MR) is 78.5 cm³/mol. The van der Waals surface area contributed by atoms with Crippen molar-refractivity contribution in [2.24, 2.45) is 5.73 Å². The van der Waals surface area contributed by atoms with Gasteiger partial charge in [0, 0.05) is 24.2 Å². The lowest BCUT2D eigenvalue weighted by atomic mass is 10.2. The Morgan fingerprint density at radius 1 is 1.35 bits per heavy atom. The van der Waals surface area contributed by atoms with E-state index in [4.69, 9.17) is 10.5 Å². The molecule has 0 bridgehead atoms. The maximum absolute atomic E-state index is 10.6. The maximum atomic E-state index is 10.6. The van der Waals surface area contributed by atoms with Crippen molar-refractivity contribution in [3.05, 3.63) is 45.9 Å². The van der Waals surface area contributed by atoms with Crippen LogP contribution >= 0.6 is 11.3 Å². The number of aryl methyl sites for hydroxylation is 1. The van der Waals surface area contributed by atoms with Gasteiger partial charge in [0.15, 0.2) is 6.61 Å². The molecule has 1 amide bonds. The van der Waals surface area contributed by atoms with Crippen molar-refractivity contribution in [3.8, 4) is 5.75 Å². The molecule has 2 aromatic rings. The second kappa shape index (κ2) is 7.02. The number of benzene rings is 1. The smallest absolute Gasteiger partial charge is 0.255 e. The van der Waals surface area contributed by atoms with Crippen molar-refractivity contribution in [2.45, 2.75) is 20.0 Å². The number of hydrogen-bond acceptors (Lipinski definition) is 5. The number of hydrogen-bond donors (Lipinski definition) is 2. The van der Waals surface area contributed by atoms with E-state index in [0.717, 1.165) is 23.7 Å². The molecule has 0 saturated carbocycles. The molecule has 0 saturated heterocycles. The number of nitrogens with one attached hydrogen (secondary N) is 1. The summed E-state index contributed by atoms with van der Waals surface area (Å²) in [6.45, 7) is 3.49. The Morgan fingerprint density at radius 3 is 2.70 bits per heavy atom. The van der Waals surface area contributed by atoms with Crippen LogP contribution in [0.3, 0.4) is 0 Å². The molecule has 2 rings (SSSR count). The number of aromatic nitrogens is 1. The van der Waals surface area contributed by atoms with Crippen molar-refractivity contribution in [2.75, 3.05) is 6.61 Å². The summed E-state index contributed by atoms with van der Waals surface area (Å²) in [4.78, 5) is 16.0. The van der Waals surface area contributed by atoms with E-state index in [9.17, 15) is 4.79 Å². The molecule has 0 aliphatic heterocycles. The first kappa shape index (κ1) is 14.5. The monoisotopic (exact) mass is 291 g/mol. The van der Waals surface area contributed by atoms with Gasteiger partial charge in [-0.15, -0.1) is 11.3 Å². The quantitative estimate of drug-likeness (QED) is 0.812. The molecule has 1 heterocycles. The highest BCUT2D eigenvalue weighted by molar-refractivity contribution is 7.11. The van der Waals surface area contributed by atoms with Gasteiger partial charge in [0.05, 0.1) is 5.01 Å². The molecule has 0 spiro atoms. The number of nitrogens with zero attached hydrogens (tertiary/aromatic N) is 1. The largest absolute Gasteiger partial charge is 0.484 e. The summed E-state index contributed by atoms with van der Waals surface area (Å²) in [5, 5.41) is 4.44. The molecule has 3 N–H and O–H groups in total. The van der Waals surface area contributed by atoms with Crippen LogP contribution in [0.1, 0.15) is 15.4 Å². The predicted octanol–water partition coefficient (Wildman–Crippen LogP) is 1.61. The van der Waals surface area contributed by atoms with Crippen LogP contribution < -0.4 is 15.8 Å². The van der Waals surface area contributed by atoms with E-state index in [1.54, 1.807) is 11.3 Å². The Hall–Kier alpha value is -1.92. The Morgan fingerprint density at radius 2 is 2.10 bits per heavy atom. The lowest BCUT2D eigenvalue weighted by Crippen LogP contribution is -2.20. The number of nitrogens with two attached hydrogens (primary N) is 1. The standard InChI is InChI=1S/C14H17N3O2S/c1-10-17-8-13(20-10)7-16-6-11-2-4-12(5-3-11)19-9-14(15)18/h2-5,8,16H,6-7,9H2,1H3,(H2,15,18). The van der Waals surface area contributed by atoms with Crippen LogP contribution in [0, 0.1) is 6.92 Å². The first-order valence-corrected chi connectivity index (χ1v) is 7.07. The molecule has 0 fully saturated rings. The molecule has 1 aromatic carbocycles. The van der Waals surface area contributed by atoms with Crippen molar-refractivity contribution < 1.29 is 9.53 Å². The van der Waals surface area contributed by atoms with Gasteiger partial charge in [-0.3, -0.25) is 4.79 Å². The maximum Gasteiger partial charge on any atom is 0.255 e. The van der Waals surface area contributed by atoms with E-state index >= 15 is 0 Å². The molecule has 0 radical (unpaired) electrons. The zero-order valence-electron chi connectivity index (χ0n) is 11.3. The third-order valence-corrected chi connectivity index (χ3v) is 3.51. The van der Waals surface area contributed by atoms with E-state index in [-0.39, 0.29) is 6.61 Å². The van der Waals surface area contributed by atoms with Crippen LogP contribution in [-0.2, 0) is 17.9 Å². The number of primary amides is 1. The summed E-state index contributed by atoms with van der Waals surface area (Å²) in [7, 11) is 0. The average molecular weight is 291 g/mol. The summed E-state index contributed by atoms with van der Waals surface area (Å²) < 4.78 is 5.20.